The van der Waals surface area contributed by atoms with E-state index in [1.807, 2.05) is 12.1 Å². The average molecular weight is 264 g/mol. The van der Waals surface area contributed by atoms with Crippen molar-refractivity contribution in [1.29, 1.82) is 0 Å². The van der Waals surface area contributed by atoms with E-state index in [-0.39, 0.29) is 0 Å². The van der Waals surface area contributed by atoms with Gasteiger partial charge in [0, 0.05) is 17.7 Å². The molecule has 3 rings (SSSR count). The first-order valence-electron chi connectivity index (χ1n) is 6.34. The molecular weight excluding hydrogens is 250 g/mol. The molecule has 0 N–H and O–H groups in total. The zero-order valence-corrected chi connectivity index (χ0v) is 11.4. The number of hydrogen-bond donors (Lipinski definition) is 0. The molecule has 0 bridgehead atoms. The van der Waals surface area contributed by atoms with Crippen LogP contribution < -0.4 is 0 Å². The summed E-state index contributed by atoms with van der Waals surface area (Å²) in [5.41, 5.74) is 6.81. The van der Waals surface area contributed by atoms with Crippen molar-refractivity contribution < 1.29 is 0 Å². The van der Waals surface area contributed by atoms with Gasteiger partial charge < -0.3 is 0 Å². The summed E-state index contributed by atoms with van der Waals surface area (Å²) in [6.45, 7) is 0. The van der Waals surface area contributed by atoms with Crippen molar-refractivity contribution in [2.24, 2.45) is 0 Å². The molecule has 0 unspecified atom stereocenters. The van der Waals surface area contributed by atoms with Gasteiger partial charge in [-0.25, -0.2) is 4.98 Å². The van der Waals surface area contributed by atoms with Crippen LogP contribution in [-0.4, -0.2) is 4.98 Å². The second-order valence-electron chi connectivity index (χ2n) is 4.50. The van der Waals surface area contributed by atoms with Crippen molar-refractivity contribution in [2.75, 3.05) is 0 Å². The largest absolute Gasteiger partial charge is 0.238 e. The van der Waals surface area contributed by atoms with E-state index in [9.17, 15) is 0 Å². The van der Waals surface area contributed by atoms with Gasteiger partial charge in [-0.2, -0.15) is 0 Å². The maximum atomic E-state index is 4.40. The van der Waals surface area contributed by atoms with Crippen LogP contribution in [0.25, 0.3) is 0 Å². The second-order valence-corrected chi connectivity index (χ2v) is 5.38. The Morgan fingerprint density at radius 1 is 0.789 bits per heavy atom. The smallest absolute Gasteiger partial charge is 0.152 e. The van der Waals surface area contributed by atoms with Crippen LogP contribution >= 0.6 is 11.3 Å². The summed E-state index contributed by atoms with van der Waals surface area (Å²) in [6, 6.07) is 21.0. The van der Waals surface area contributed by atoms with Crippen LogP contribution in [0.3, 0.4) is 0 Å². The Balaban J connectivity index is 1.79. The molecular formula is C17H14NS. The maximum Gasteiger partial charge on any atom is 0.152 e. The highest BCUT2D eigenvalue weighted by Gasteiger charge is 2.08. The van der Waals surface area contributed by atoms with Crippen LogP contribution in [0.2, 0.25) is 0 Å². The number of aromatic nitrogens is 1. The van der Waals surface area contributed by atoms with Crippen molar-refractivity contribution in [2.45, 2.75) is 12.8 Å². The zero-order valence-electron chi connectivity index (χ0n) is 10.5. The minimum Gasteiger partial charge on any atom is -0.238 e. The van der Waals surface area contributed by atoms with Gasteiger partial charge in [-0.1, -0.05) is 60.7 Å². The first kappa shape index (κ1) is 12.1. The van der Waals surface area contributed by atoms with Crippen molar-refractivity contribution >= 4 is 11.3 Å². The standard InChI is InChI=1S/C17H14NS/c1-3-7-14(8-4-1)11-16-17(19-13-18-16)12-15-9-5-2-6-10-15/h1-10H,11-12H2. The van der Waals surface area contributed by atoms with E-state index in [1.165, 1.54) is 16.0 Å². The summed E-state index contributed by atoms with van der Waals surface area (Å²) in [7, 11) is 0. The summed E-state index contributed by atoms with van der Waals surface area (Å²) < 4.78 is 0. The molecule has 0 fully saturated rings. The lowest BCUT2D eigenvalue weighted by Gasteiger charge is -2.03. The fourth-order valence-electron chi connectivity index (χ4n) is 2.10. The molecule has 0 aliphatic rings. The molecule has 3 aromatic rings. The van der Waals surface area contributed by atoms with Gasteiger partial charge in [0.05, 0.1) is 5.69 Å². The zero-order chi connectivity index (χ0) is 12.9. The fourth-order valence-corrected chi connectivity index (χ4v) is 2.84. The number of rotatable bonds is 4. The number of nitrogens with zero attached hydrogens (tertiary/aromatic N) is 1. The third-order valence-corrected chi connectivity index (χ3v) is 3.90. The molecule has 2 aromatic carbocycles. The lowest BCUT2D eigenvalue weighted by molar-refractivity contribution is 1.05. The van der Waals surface area contributed by atoms with Gasteiger partial charge in [0.25, 0.3) is 0 Å². The molecule has 93 valence electrons. The first-order chi connectivity index (χ1) is 9.42. The Labute approximate surface area is 117 Å². The number of hydrogen-bond acceptors (Lipinski definition) is 2. The van der Waals surface area contributed by atoms with Crippen molar-refractivity contribution in [1.82, 2.24) is 4.98 Å². The van der Waals surface area contributed by atoms with Crippen LogP contribution in [0, 0.1) is 5.51 Å². The molecule has 1 aromatic heterocycles. The van der Waals surface area contributed by atoms with Crippen molar-refractivity contribution in [3.63, 3.8) is 0 Å². The van der Waals surface area contributed by atoms with E-state index < -0.39 is 0 Å². The van der Waals surface area contributed by atoms with Gasteiger partial charge in [0.15, 0.2) is 5.51 Å². The third-order valence-electron chi connectivity index (χ3n) is 3.09. The van der Waals surface area contributed by atoms with Crippen LogP contribution in [0.1, 0.15) is 21.7 Å². The molecule has 1 heterocycles. The highest BCUT2D eigenvalue weighted by molar-refractivity contribution is 7.09. The number of thiazole rings is 1. The Morgan fingerprint density at radius 3 is 2.00 bits per heavy atom. The Hall–Kier alpha value is -1.93. The quantitative estimate of drug-likeness (QED) is 0.690. The minimum absolute atomic E-state index is 0.892. The minimum atomic E-state index is 0.892. The molecule has 0 atom stereocenters. The van der Waals surface area contributed by atoms with E-state index in [0.717, 1.165) is 18.5 Å². The summed E-state index contributed by atoms with van der Waals surface area (Å²) in [6.07, 6.45) is 1.84. The molecule has 19 heavy (non-hydrogen) atoms. The lowest BCUT2D eigenvalue weighted by atomic mass is 10.1. The van der Waals surface area contributed by atoms with E-state index >= 15 is 0 Å². The highest BCUT2D eigenvalue weighted by Crippen LogP contribution is 2.20. The molecule has 0 spiro atoms. The molecule has 2 heteroatoms. The Morgan fingerprint density at radius 2 is 1.37 bits per heavy atom. The average Bonchev–Trinajstić information content (AvgIpc) is 2.88. The third kappa shape index (κ3) is 3.09. The Bertz CT molecular complexity index is 573. The summed E-state index contributed by atoms with van der Waals surface area (Å²) in [5, 5.41) is 0. The van der Waals surface area contributed by atoms with Crippen molar-refractivity contribution in [3.8, 4) is 0 Å². The van der Waals surface area contributed by atoms with Crippen LogP contribution in [0.15, 0.2) is 60.7 Å². The van der Waals surface area contributed by atoms with Crippen LogP contribution in [-0.2, 0) is 12.8 Å². The maximum absolute atomic E-state index is 4.40. The van der Waals surface area contributed by atoms with Gasteiger partial charge in [0.1, 0.15) is 0 Å². The molecule has 1 radical (unpaired) electrons. The highest BCUT2D eigenvalue weighted by atomic mass is 32.1. The molecule has 0 saturated carbocycles. The van der Waals surface area contributed by atoms with E-state index in [2.05, 4.69) is 59.0 Å². The topological polar surface area (TPSA) is 12.9 Å². The monoisotopic (exact) mass is 264 g/mol. The summed E-state index contributed by atoms with van der Waals surface area (Å²) in [4.78, 5) is 5.72. The second kappa shape index (κ2) is 5.81. The van der Waals surface area contributed by atoms with E-state index in [1.54, 1.807) is 11.3 Å². The van der Waals surface area contributed by atoms with E-state index in [4.69, 9.17) is 0 Å². The predicted octanol–water partition coefficient (Wildman–Crippen LogP) is 4.12. The molecule has 0 amide bonds. The molecule has 0 aliphatic heterocycles. The number of benzene rings is 2. The van der Waals surface area contributed by atoms with Gasteiger partial charge in [0.2, 0.25) is 0 Å². The summed E-state index contributed by atoms with van der Waals surface area (Å²) >= 11 is 1.63. The van der Waals surface area contributed by atoms with Crippen LogP contribution in [0.4, 0.5) is 0 Å². The summed E-state index contributed by atoms with van der Waals surface area (Å²) in [5.74, 6) is 0. The predicted molar refractivity (Wildman–Crippen MR) is 79.4 cm³/mol. The SMILES string of the molecule is [c]1nc(Cc2ccccc2)c(Cc2ccccc2)s1. The van der Waals surface area contributed by atoms with Gasteiger partial charge in [-0.05, 0) is 11.1 Å². The van der Waals surface area contributed by atoms with Gasteiger partial charge >= 0.3 is 0 Å². The molecule has 0 saturated heterocycles. The lowest BCUT2D eigenvalue weighted by Crippen LogP contribution is -1.94. The molecule has 1 nitrogen and oxygen atoms in total. The van der Waals surface area contributed by atoms with Crippen LogP contribution in [0.5, 0.6) is 0 Å². The van der Waals surface area contributed by atoms with Gasteiger partial charge in [-0.3, -0.25) is 0 Å². The molecule has 0 aliphatic carbocycles. The first-order valence-corrected chi connectivity index (χ1v) is 7.16. The van der Waals surface area contributed by atoms with Crippen molar-refractivity contribution in [3.05, 3.63) is 87.9 Å². The van der Waals surface area contributed by atoms with E-state index in [0.29, 0.717) is 0 Å². The normalized spacial score (nSPS) is 10.5. The van der Waals surface area contributed by atoms with Gasteiger partial charge in [-0.15, -0.1) is 11.3 Å². The Kier molecular flexibility index (Phi) is 3.70. The fraction of sp³-hybridized carbons (Fsp3) is 0.118.